The number of hydrogen-bond acceptors (Lipinski definition) is 5. The van der Waals surface area contributed by atoms with Gasteiger partial charge in [0.1, 0.15) is 12.4 Å². The number of Topliss-reactive ketones (excluding diaryl/α,β-unsaturated/α-hetero) is 1. The van der Waals surface area contributed by atoms with Crippen LogP contribution in [0.4, 0.5) is 0 Å². The summed E-state index contributed by atoms with van der Waals surface area (Å²) in [5, 5.41) is 3.89. The second kappa shape index (κ2) is 7.99. The molecule has 0 spiro atoms. The van der Waals surface area contributed by atoms with E-state index in [1.807, 2.05) is 6.08 Å². The summed E-state index contributed by atoms with van der Waals surface area (Å²) in [5.74, 6) is 0.969. The average molecular weight is 354 g/mol. The second-order valence-corrected chi connectivity index (χ2v) is 6.29. The van der Waals surface area contributed by atoms with Gasteiger partial charge >= 0.3 is 0 Å². The minimum atomic E-state index is -0.130. The molecule has 0 radical (unpaired) electrons. The van der Waals surface area contributed by atoms with Crippen molar-refractivity contribution in [3.63, 3.8) is 0 Å². The number of aromatic nitrogens is 1. The van der Waals surface area contributed by atoms with Crippen LogP contribution in [-0.2, 0) is 6.61 Å². The van der Waals surface area contributed by atoms with Crippen LogP contribution in [0.2, 0.25) is 0 Å². The summed E-state index contributed by atoms with van der Waals surface area (Å²) in [7, 11) is 0. The highest BCUT2D eigenvalue weighted by atomic mass is 16.5. The highest BCUT2D eigenvalue weighted by Gasteiger charge is 2.27. The molecule has 1 atom stereocenters. The number of amides is 1. The lowest BCUT2D eigenvalue weighted by Gasteiger charge is -2.23. The van der Waals surface area contributed by atoms with Crippen LogP contribution in [0.3, 0.4) is 0 Å². The summed E-state index contributed by atoms with van der Waals surface area (Å²) < 4.78 is 10.8. The number of ether oxygens (including phenoxy) is 1. The Morgan fingerprint density at radius 2 is 2.08 bits per heavy atom. The minimum absolute atomic E-state index is 0.00715. The van der Waals surface area contributed by atoms with Crippen molar-refractivity contribution in [3.8, 4) is 5.75 Å². The third-order valence-electron chi connectivity index (χ3n) is 4.33. The van der Waals surface area contributed by atoms with Gasteiger partial charge < -0.3 is 14.2 Å². The van der Waals surface area contributed by atoms with E-state index < -0.39 is 0 Å². The standard InChI is InChI=1S/C20H22N2O4/c1-3-5-16-6-4-11-22(16)20(24)19-12-18(26-21-19)13-25-17-9-7-15(8-10-17)14(2)23/h4,6-10,12,16H,3,5,11,13H2,1-2H3/t16-/m1/s1. The molecule has 1 aliphatic rings. The van der Waals surface area contributed by atoms with Crippen LogP contribution in [0.5, 0.6) is 5.75 Å². The maximum Gasteiger partial charge on any atom is 0.276 e. The molecule has 1 aliphatic heterocycles. The van der Waals surface area contributed by atoms with Crippen LogP contribution < -0.4 is 4.74 Å². The first-order chi connectivity index (χ1) is 12.6. The Hall–Kier alpha value is -2.89. The number of rotatable bonds is 7. The van der Waals surface area contributed by atoms with Crippen molar-refractivity contribution in [2.75, 3.05) is 6.54 Å². The third-order valence-corrected chi connectivity index (χ3v) is 4.33. The van der Waals surface area contributed by atoms with Gasteiger partial charge in [0.05, 0.1) is 6.04 Å². The maximum absolute atomic E-state index is 12.6. The molecule has 6 heteroatoms. The minimum Gasteiger partial charge on any atom is -0.486 e. The van der Waals surface area contributed by atoms with E-state index in [1.54, 1.807) is 35.2 Å². The monoisotopic (exact) mass is 354 g/mol. The summed E-state index contributed by atoms with van der Waals surface area (Å²) >= 11 is 0. The van der Waals surface area contributed by atoms with Gasteiger partial charge in [0, 0.05) is 18.2 Å². The molecule has 0 unspecified atom stereocenters. The Kier molecular flexibility index (Phi) is 5.51. The van der Waals surface area contributed by atoms with Gasteiger partial charge in [0.25, 0.3) is 5.91 Å². The molecular weight excluding hydrogens is 332 g/mol. The van der Waals surface area contributed by atoms with Gasteiger partial charge in [-0.3, -0.25) is 9.59 Å². The van der Waals surface area contributed by atoms with E-state index >= 15 is 0 Å². The van der Waals surface area contributed by atoms with Gasteiger partial charge in [0.15, 0.2) is 17.2 Å². The van der Waals surface area contributed by atoms with Gasteiger partial charge in [-0.05, 0) is 37.6 Å². The van der Waals surface area contributed by atoms with E-state index in [1.165, 1.54) is 6.92 Å². The fourth-order valence-electron chi connectivity index (χ4n) is 2.92. The zero-order chi connectivity index (χ0) is 18.5. The summed E-state index contributed by atoms with van der Waals surface area (Å²) in [6, 6.07) is 8.62. The van der Waals surface area contributed by atoms with E-state index in [9.17, 15) is 9.59 Å². The quantitative estimate of drug-likeness (QED) is 0.561. The molecule has 0 saturated heterocycles. The van der Waals surface area contributed by atoms with E-state index in [2.05, 4.69) is 18.2 Å². The number of ketones is 1. The summed E-state index contributed by atoms with van der Waals surface area (Å²) in [6.45, 7) is 4.38. The molecule has 2 heterocycles. The molecule has 3 rings (SSSR count). The molecule has 0 aliphatic carbocycles. The van der Waals surface area contributed by atoms with Crippen LogP contribution in [0.1, 0.15) is 53.3 Å². The number of carbonyl (C=O) groups excluding carboxylic acids is 2. The lowest BCUT2D eigenvalue weighted by atomic mass is 10.1. The van der Waals surface area contributed by atoms with Crippen molar-refractivity contribution < 1.29 is 18.8 Å². The van der Waals surface area contributed by atoms with Gasteiger partial charge in [-0.15, -0.1) is 0 Å². The molecule has 0 N–H and O–H groups in total. The van der Waals surface area contributed by atoms with Crippen LogP contribution in [-0.4, -0.2) is 34.3 Å². The zero-order valence-corrected chi connectivity index (χ0v) is 15.0. The number of carbonyl (C=O) groups is 2. The van der Waals surface area contributed by atoms with Crippen molar-refractivity contribution in [1.82, 2.24) is 10.1 Å². The Labute approximate surface area is 152 Å². The summed E-state index contributed by atoms with van der Waals surface area (Å²) in [6.07, 6.45) is 6.02. The molecule has 26 heavy (non-hydrogen) atoms. The predicted octanol–water partition coefficient (Wildman–Crippen LogP) is 3.64. The first-order valence-electron chi connectivity index (χ1n) is 8.75. The molecular formula is C20H22N2O4. The van der Waals surface area contributed by atoms with Crippen molar-refractivity contribution in [2.24, 2.45) is 0 Å². The van der Waals surface area contributed by atoms with Crippen LogP contribution >= 0.6 is 0 Å². The van der Waals surface area contributed by atoms with Gasteiger partial charge in [-0.25, -0.2) is 0 Å². The highest BCUT2D eigenvalue weighted by molar-refractivity contribution is 5.94. The van der Waals surface area contributed by atoms with E-state index in [0.29, 0.717) is 29.3 Å². The Balaban J connectivity index is 1.59. The fraction of sp³-hybridized carbons (Fsp3) is 0.350. The Morgan fingerprint density at radius 3 is 2.77 bits per heavy atom. The number of nitrogens with zero attached hydrogens (tertiary/aromatic N) is 2. The Bertz CT molecular complexity index is 807. The highest BCUT2D eigenvalue weighted by Crippen LogP contribution is 2.19. The molecule has 1 amide bonds. The van der Waals surface area contributed by atoms with Crippen molar-refractivity contribution in [1.29, 1.82) is 0 Å². The SMILES string of the molecule is CCC[C@@H]1C=CCN1C(=O)c1cc(COc2ccc(C(C)=O)cc2)on1. The van der Waals surface area contributed by atoms with Crippen molar-refractivity contribution in [3.05, 3.63) is 59.5 Å². The van der Waals surface area contributed by atoms with Crippen molar-refractivity contribution >= 4 is 11.7 Å². The molecule has 0 saturated carbocycles. The summed E-state index contributed by atoms with van der Waals surface area (Å²) in [4.78, 5) is 25.7. The first kappa shape index (κ1) is 17.9. The van der Waals surface area contributed by atoms with Crippen molar-refractivity contribution in [2.45, 2.75) is 39.3 Å². The molecule has 136 valence electrons. The number of benzene rings is 1. The second-order valence-electron chi connectivity index (χ2n) is 6.29. The van der Waals surface area contributed by atoms with Crippen LogP contribution in [0, 0.1) is 0 Å². The van der Waals surface area contributed by atoms with E-state index in [4.69, 9.17) is 9.26 Å². The molecule has 0 fully saturated rings. The van der Waals surface area contributed by atoms with Crippen LogP contribution in [0.25, 0.3) is 0 Å². The zero-order valence-electron chi connectivity index (χ0n) is 15.0. The smallest absolute Gasteiger partial charge is 0.276 e. The maximum atomic E-state index is 12.6. The van der Waals surface area contributed by atoms with E-state index in [0.717, 1.165) is 12.8 Å². The lowest BCUT2D eigenvalue weighted by Crippen LogP contribution is -2.36. The van der Waals surface area contributed by atoms with Crippen LogP contribution in [0.15, 0.2) is 47.0 Å². The molecule has 0 bridgehead atoms. The number of hydrogen-bond donors (Lipinski definition) is 0. The topological polar surface area (TPSA) is 72.6 Å². The van der Waals surface area contributed by atoms with Gasteiger partial charge in [-0.2, -0.15) is 0 Å². The Morgan fingerprint density at radius 1 is 1.31 bits per heavy atom. The molecule has 6 nitrogen and oxygen atoms in total. The van der Waals surface area contributed by atoms with E-state index in [-0.39, 0.29) is 24.3 Å². The molecule has 1 aromatic carbocycles. The predicted molar refractivity (Wildman–Crippen MR) is 96.2 cm³/mol. The van der Waals surface area contributed by atoms with Gasteiger partial charge in [0.2, 0.25) is 0 Å². The molecule has 2 aromatic rings. The van der Waals surface area contributed by atoms with Gasteiger partial charge in [-0.1, -0.05) is 30.7 Å². The third kappa shape index (κ3) is 4.02. The lowest BCUT2D eigenvalue weighted by molar-refractivity contribution is 0.0733. The fourth-order valence-corrected chi connectivity index (χ4v) is 2.92. The largest absolute Gasteiger partial charge is 0.486 e. The first-order valence-corrected chi connectivity index (χ1v) is 8.75. The molecule has 1 aromatic heterocycles. The summed E-state index contributed by atoms with van der Waals surface area (Å²) in [5.41, 5.74) is 0.922. The normalized spacial score (nSPS) is 16.1. The average Bonchev–Trinajstić information content (AvgIpc) is 3.29.